The Morgan fingerprint density at radius 3 is 2.21 bits per heavy atom. The van der Waals surface area contributed by atoms with Gasteiger partial charge in [-0.2, -0.15) is 13.2 Å². The first-order valence-corrected chi connectivity index (χ1v) is 5.04. The van der Waals surface area contributed by atoms with Crippen molar-refractivity contribution < 1.29 is 13.2 Å². The number of hydrogen-bond donors (Lipinski definition) is 0. The second-order valence-electron chi connectivity index (χ2n) is 4.18. The fourth-order valence-corrected chi connectivity index (χ4v) is 2.50. The van der Waals surface area contributed by atoms with E-state index in [1.54, 1.807) is 4.90 Å². The third-order valence-electron chi connectivity index (χ3n) is 3.23. The maximum atomic E-state index is 12.2. The zero-order valence-electron chi connectivity index (χ0n) is 8.22. The number of piperazine rings is 1. The highest BCUT2D eigenvalue weighted by molar-refractivity contribution is 5.01. The maximum Gasteiger partial charge on any atom is 0.401 e. The molecule has 2 unspecified atom stereocenters. The molecule has 2 nitrogen and oxygen atoms in total. The van der Waals surface area contributed by atoms with E-state index in [1.807, 2.05) is 0 Å². The Labute approximate surface area is 81.7 Å². The molecule has 3 aliphatic heterocycles. The minimum atomic E-state index is -4.04. The van der Waals surface area contributed by atoms with E-state index in [0.717, 1.165) is 26.1 Å². The van der Waals surface area contributed by atoms with Gasteiger partial charge in [-0.25, -0.2) is 0 Å². The summed E-state index contributed by atoms with van der Waals surface area (Å²) in [4.78, 5) is 3.83. The van der Waals surface area contributed by atoms with Crippen LogP contribution in [0.25, 0.3) is 0 Å². The van der Waals surface area contributed by atoms with Gasteiger partial charge in [-0.3, -0.25) is 4.90 Å². The standard InChI is InChI=1S/C9H15F3N2/c1-2-13-4-7-3-8(5-13)14(7)6-9(10,11)12/h7-8H,2-6H2,1H3. The zero-order valence-corrected chi connectivity index (χ0v) is 8.22. The Kier molecular flexibility index (Phi) is 2.47. The number of nitrogens with zero attached hydrogens (tertiary/aromatic N) is 2. The molecule has 0 aromatic rings. The molecule has 0 radical (unpaired) electrons. The van der Waals surface area contributed by atoms with Crippen molar-refractivity contribution in [3.8, 4) is 0 Å². The smallest absolute Gasteiger partial charge is 0.301 e. The minimum Gasteiger partial charge on any atom is -0.301 e. The van der Waals surface area contributed by atoms with Gasteiger partial charge in [-0.1, -0.05) is 6.92 Å². The van der Waals surface area contributed by atoms with Crippen LogP contribution in [-0.2, 0) is 0 Å². The van der Waals surface area contributed by atoms with Crippen molar-refractivity contribution in [1.82, 2.24) is 9.80 Å². The maximum absolute atomic E-state index is 12.2. The summed E-state index contributed by atoms with van der Waals surface area (Å²) in [5.41, 5.74) is 0. The van der Waals surface area contributed by atoms with Crippen molar-refractivity contribution in [1.29, 1.82) is 0 Å². The number of hydrogen-bond acceptors (Lipinski definition) is 2. The molecule has 0 N–H and O–H groups in total. The molecule has 0 amide bonds. The second-order valence-corrected chi connectivity index (χ2v) is 4.18. The molecule has 0 saturated carbocycles. The molecular formula is C9H15F3N2. The number of rotatable bonds is 2. The predicted molar refractivity (Wildman–Crippen MR) is 47.1 cm³/mol. The number of piperidine rings is 1. The van der Waals surface area contributed by atoms with Crippen LogP contribution < -0.4 is 0 Å². The van der Waals surface area contributed by atoms with Gasteiger partial charge >= 0.3 is 6.18 Å². The van der Waals surface area contributed by atoms with E-state index in [0.29, 0.717) is 0 Å². The van der Waals surface area contributed by atoms with Crippen LogP contribution in [0.15, 0.2) is 0 Å². The first-order chi connectivity index (χ1) is 6.49. The van der Waals surface area contributed by atoms with Gasteiger partial charge in [0.1, 0.15) is 0 Å². The normalized spacial score (nSPS) is 34.3. The fourth-order valence-electron chi connectivity index (χ4n) is 2.50. The molecule has 2 atom stereocenters. The Bertz CT molecular complexity index is 205. The van der Waals surface area contributed by atoms with E-state index in [1.165, 1.54) is 0 Å². The van der Waals surface area contributed by atoms with Gasteiger partial charge in [0.15, 0.2) is 0 Å². The highest BCUT2D eigenvalue weighted by atomic mass is 19.4. The molecule has 3 saturated heterocycles. The van der Waals surface area contributed by atoms with Crippen LogP contribution >= 0.6 is 0 Å². The van der Waals surface area contributed by atoms with Crippen molar-refractivity contribution in [2.45, 2.75) is 31.6 Å². The molecule has 14 heavy (non-hydrogen) atoms. The summed E-state index contributed by atoms with van der Waals surface area (Å²) < 4.78 is 36.5. The molecule has 3 aliphatic rings. The van der Waals surface area contributed by atoms with Crippen LogP contribution in [0, 0.1) is 0 Å². The molecule has 82 valence electrons. The summed E-state index contributed by atoms with van der Waals surface area (Å²) in [5, 5.41) is 0. The van der Waals surface area contributed by atoms with Crippen molar-refractivity contribution in [2.24, 2.45) is 0 Å². The van der Waals surface area contributed by atoms with E-state index in [-0.39, 0.29) is 12.1 Å². The van der Waals surface area contributed by atoms with E-state index in [9.17, 15) is 13.2 Å². The van der Waals surface area contributed by atoms with E-state index in [2.05, 4.69) is 11.8 Å². The van der Waals surface area contributed by atoms with Gasteiger partial charge in [0, 0.05) is 25.2 Å². The summed E-state index contributed by atoms with van der Waals surface area (Å²) in [6, 6.07) is 0.297. The molecule has 0 spiro atoms. The van der Waals surface area contributed by atoms with E-state index >= 15 is 0 Å². The van der Waals surface area contributed by atoms with Gasteiger partial charge in [0.2, 0.25) is 0 Å². The Hall–Kier alpha value is -0.290. The summed E-state index contributed by atoms with van der Waals surface area (Å²) in [6.07, 6.45) is -3.09. The quantitative estimate of drug-likeness (QED) is 0.675. The summed E-state index contributed by atoms with van der Waals surface area (Å²) in [5.74, 6) is 0. The fraction of sp³-hybridized carbons (Fsp3) is 1.00. The summed E-state index contributed by atoms with van der Waals surface area (Å²) in [7, 11) is 0. The van der Waals surface area contributed by atoms with Crippen LogP contribution in [0.4, 0.5) is 13.2 Å². The lowest BCUT2D eigenvalue weighted by Crippen LogP contribution is -2.69. The van der Waals surface area contributed by atoms with Gasteiger partial charge in [0.05, 0.1) is 6.54 Å². The lowest BCUT2D eigenvalue weighted by Gasteiger charge is -2.56. The molecular weight excluding hydrogens is 193 g/mol. The molecule has 0 aliphatic carbocycles. The average Bonchev–Trinajstić information content (AvgIpc) is 2.13. The lowest BCUT2D eigenvalue weighted by molar-refractivity contribution is -0.187. The van der Waals surface area contributed by atoms with Gasteiger partial charge in [0.25, 0.3) is 0 Å². The molecule has 3 fully saturated rings. The number of fused-ring (bicyclic) bond motifs is 2. The predicted octanol–water partition coefficient (Wildman–Crippen LogP) is 1.33. The Morgan fingerprint density at radius 1 is 1.21 bits per heavy atom. The largest absolute Gasteiger partial charge is 0.401 e. The van der Waals surface area contributed by atoms with Crippen LogP contribution in [0.5, 0.6) is 0 Å². The second kappa shape index (κ2) is 3.38. The van der Waals surface area contributed by atoms with Crippen LogP contribution in [0.2, 0.25) is 0 Å². The van der Waals surface area contributed by atoms with Crippen LogP contribution in [-0.4, -0.2) is 54.2 Å². The molecule has 3 rings (SSSR count). The van der Waals surface area contributed by atoms with Crippen molar-refractivity contribution in [2.75, 3.05) is 26.2 Å². The Morgan fingerprint density at radius 2 is 1.79 bits per heavy atom. The summed E-state index contributed by atoms with van der Waals surface area (Å²) in [6.45, 7) is 3.90. The van der Waals surface area contributed by atoms with Crippen LogP contribution in [0.3, 0.4) is 0 Å². The average molecular weight is 208 g/mol. The molecule has 3 heterocycles. The van der Waals surface area contributed by atoms with Gasteiger partial charge < -0.3 is 4.90 Å². The first kappa shape index (κ1) is 10.2. The SMILES string of the molecule is CCN1CC2CC(C1)N2CC(F)(F)F. The topological polar surface area (TPSA) is 6.48 Å². The third kappa shape index (κ3) is 1.88. The minimum absolute atomic E-state index is 0.148. The highest BCUT2D eigenvalue weighted by Gasteiger charge is 2.48. The molecule has 5 heteroatoms. The summed E-state index contributed by atoms with van der Waals surface area (Å²) >= 11 is 0. The number of alkyl halides is 3. The number of halogens is 3. The highest BCUT2D eigenvalue weighted by Crippen LogP contribution is 2.34. The zero-order chi connectivity index (χ0) is 10.3. The van der Waals surface area contributed by atoms with Crippen LogP contribution in [0.1, 0.15) is 13.3 Å². The molecule has 0 aromatic heterocycles. The number of likely N-dealkylation sites (N-methyl/N-ethyl adjacent to an activating group) is 1. The first-order valence-electron chi connectivity index (χ1n) is 5.04. The molecule has 2 bridgehead atoms. The van der Waals surface area contributed by atoms with Crippen molar-refractivity contribution >= 4 is 0 Å². The van der Waals surface area contributed by atoms with Gasteiger partial charge in [-0.05, 0) is 13.0 Å². The monoisotopic (exact) mass is 208 g/mol. The van der Waals surface area contributed by atoms with E-state index < -0.39 is 12.7 Å². The third-order valence-corrected chi connectivity index (χ3v) is 3.23. The van der Waals surface area contributed by atoms with Crippen molar-refractivity contribution in [3.05, 3.63) is 0 Å². The Balaban J connectivity index is 1.88. The van der Waals surface area contributed by atoms with Crippen molar-refractivity contribution in [3.63, 3.8) is 0 Å². The van der Waals surface area contributed by atoms with E-state index in [4.69, 9.17) is 0 Å². The van der Waals surface area contributed by atoms with Gasteiger partial charge in [-0.15, -0.1) is 0 Å². The molecule has 0 aromatic carbocycles. The lowest BCUT2D eigenvalue weighted by atomic mass is 9.87.